The molecule has 16 atom stereocenters. The highest BCUT2D eigenvalue weighted by Crippen LogP contribution is 2.38. The second kappa shape index (κ2) is 61.5. The van der Waals surface area contributed by atoms with Crippen LogP contribution in [0.15, 0.2) is 182 Å². The van der Waals surface area contributed by atoms with E-state index < -0.39 is 60.6 Å². The first-order chi connectivity index (χ1) is 59.8. The molecule has 2 saturated heterocycles. The van der Waals surface area contributed by atoms with Crippen molar-refractivity contribution < 1.29 is 66.5 Å². The molecule has 684 valence electrons. The predicted octanol–water partition coefficient (Wildman–Crippen LogP) is 24.1. The number of unbranched alkanes of at least 4 members (excludes halogenated alkanes) is 22. The van der Waals surface area contributed by atoms with Crippen LogP contribution in [0, 0.1) is 35.5 Å². The Morgan fingerprint density at radius 3 is 0.935 bits per heavy atom. The second-order valence-corrected chi connectivity index (χ2v) is 36.0. The van der Waals surface area contributed by atoms with Crippen molar-refractivity contribution in [3.05, 3.63) is 215 Å². The predicted molar refractivity (Wildman–Crippen MR) is 496 cm³/mol. The van der Waals surface area contributed by atoms with Crippen LogP contribution in [0.1, 0.15) is 290 Å². The highest BCUT2D eigenvalue weighted by molar-refractivity contribution is 5.82. The SMILES string of the molecule is CCCCCCCCCCCCCC[C@@H](OCc1ccccc1)[C@@H](OCc1ccccc1)[C@H](CO[C@H]1OC(COCc2ccccc2)[C@H](C)[C@H](C)C1C)NC(=O)CC.CCCCCCCCCCCCCC[C@@H](OCc1ccccc1)[C@@H](OCc1ccccc1)[C@H](CO[C@H]1OC(COCc2ccccc2)[C@H](C)[C@H](C)C1C)NC(=O)CNC(=O)OC(C)(C)C. The Labute approximate surface area is 743 Å². The van der Waals surface area contributed by atoms with E-state index in [0.29, 0.717) is 71.1 Å². The number of ether oxygens (including phenoxy) is 11. The lowest BCUT2D eigenvalue weighted by atomic mass is 9.79. The smallest absolute Gasteiger partial charge is 0.408 e. The van der Waals surface area contributed by atoms with Crippen LogP contribution in [0.2, 0.25) is 0 Å². The number of amides is 3. The molecule has 17 nitrogen and oxygen atoms in total. The van der Waals surface area contributed by atoms with Crippen molar-refractivity contribution >= 4 is 17.9 Å². The Morgan fingerprint density at radius 2 is 0.634 bits per heavy atom. The Hall–Kier alpha value is -6.87. The zero-order valence-corrected chi connectivity index (χ0v) is 77.6. The number of alkyl carbamates (subject to hydrolysis) is 1. The molecule has 6 aromatic carbocycles. The van der Waals surface area contributed by atoms with Crippen molar-refractivity contribution in [1.29, 1.82) is 0 Å². The standard InChI is InChI=1S/C55H84N2O8.C51H77NO6/c1-8-9-10-11-12-13-14-15-16-17-18-28-35-49(61-38-46-31-24-20-25-32-46)52(62-39-47-33-26-21-27-34-47)48(57-51(58)36-56-54(59)65-55(5,6)7)40-63-53-44(4)42(2)43(3)50(64-53)41-60-37-45-29-22-19-23-30-45;1-6-8-9-10-11-12-13-14-15-16-17-27-34-47(55-36-44-30-23-19-24-31-44)50(56-37-45-32-25-20-26-33-45)46(52-49(53)7-2)38-57-51-42(5)40(3)41(4)48(58-51)39-54-35-43-28-21-18-22-29-43/h19-27,29-34,42-44,48-50,52-53H,8-18,28,35-41H2,1-7H3,(H,56,59)(H,57,58);18-26,28-33,40-42,46-48,50-51H,6-17,27,34-39H2,1-5H3,(H,52,53)/t42-,43+,44?,48-,49+,50?,52-,53-;40-,41+,42?,46-,47+,48?,50-,51-/m00/s1. The minimum absolute atomic E-state index is 0.0409. The lowest BCUT2D eigenvalue weighted by Crippen LogP contribution is -2.56. The van der Waals surface area contributed by atoms with Crippen LogP contribution in [0.3, 0.4) is 0 Å². The first-order valence-electron chi connectivity index (χ1n) is 47.8. The van der Waals surface area contributed by atoms with Gasteiger partial charge in [-0.15, -0.1) is 0 Å². The van der Waals surface area contributed by atoms with Gasteiger partial charge in [-0.25, -0.2) is 4.79 Å². The van der Waals surface area contributed by atoms with Gasteiger partial charge in [-0.05, 0) is 90.7 Å². The maximum Gasteiger partial charge on any atom is 0.408 e. The fourth-order valence-corrected chi connectivity index (χ4v) is 16.4. The number of carbonyl (C=O) groups excluding carboxylic acids is 3. The molecular formula is C106H161N3O14. The van der Waals surface area contributed by atoms with E-state index in [0.717, 1.165) is 71.9 Å². The number of hydrogen-bond donors (Lipinski definition) is 3. The zero-order valence-electron chi connectivity index (χ0n) is 77.6. The van der Waals surface area contributed by atoms with Crippen LogP contribution < -0.4 is 16.0 Å². The van der Waals surface area contributed by atoms with Crippen LogP contribution in [0.25, 0.3) is 0 Å². The Bertz CT molecular complexity index is 3620. The number of rotatable bonds is 61. The molecule has 3 amide bonds. The van der Waals surface area contributed by atoms with Gasteiger partial charge >= 0.3 is 6.09 Å². The summed E-state index contributed by atoms with van der Waals surface area (Å²) in [5.74, 6) is 0.956. The van der Waals surface area contributed by atoms with Crippen molar-refractivity contribution in [2.75, 3.05) is 33.0 Å². The van der Waals surface area contributed by atoms with Crippen molar-refractivity contribution in [1.82, 2.24) is 16.0 Å². The van der Waals surface area contributed by atoms with E-state index in [9.17, 15) is 14.4 Å². The van der Waals surface area contributed by atoms with E-state index in [1.807, 2.05) is 128 Å². The van der Waals surface area contributed by atoms with Gasteiger partial charge < -0.3 is 68.1 Å². The molecule has 0 spiro atoms. The van der Waals surface area contributed by atoms with Gasteiger partial charge in [0.05, 0.1) is 103 Å². The summed E-state index contributed by atoms with van der Waals surface area (Å²) in [5, 5.41) is 9.16. The first-order valence-corrected chi connectivity index (χ1v) is 47.8. The van der Waals surface area contributed by atoms with Crippen LogP contribution in [-0.4, -0.2) is 118 Å². The molecule has 2 fully saturated rings. The fourth-order valence-electron chi connectivity index (χ4n) is 16.4. The van der Waals surface area contributed by atoms with E-state index in [2.05, 4.69) is 132 Å². The van der Waals surface area contributed by atoms with Gasteiger partial charge in [0.25, 0.3) is 0 Å². The second-order valence-electron chi connectivity index (χ2n) is 36.0. The van der Waals surface area contributed by atoms with Crippen LogP contribution in [0.4, 0.5) is 4.79 Å². The largest absolute Gasteiger partial charge is 0.444 e. The van der Waals surface area contributed by atoms with Gasteiger partial charge in [-0.1, -0.05) is 398 Å². The summed E-state index contributed by atoms with van der Waals surface area (Å²) in [6.07, 6.45) is 28.7. The number of carbonyl (C=O) groups is 3. The van der Waals surface area contributed by atoms with E-state index >= 15 is 0 Å². The summed E-state index contributed by atoms with van der Waals surface area (Å²) in [6.45, 7) is 28.7. The average Bonchev–Trinajstić information content (AvgIpc) is 0.816. The lowest BCUT2D eigenvalue weighted by Gasteiger charge is -2.44. The normalized spacial score (nSPS) is 20.6. The van der Waals surface area contributed by atoms with Crippen LogP contribution in [0.5, 0.6) is 0 Å². The molecule has 2 heterocycles. The van der Waals surface area contributed by atoms with Crippen molar-refractivity contribution in [2.45, 2.75) is 363 Å². The first kappa shape index (κ1) is 103. The number of nitrogens with one attached hydrogen (secondary N) is 3. The minimum Gasteiger partial charge on any atom is -0.444 e. The molecule has 0 saturated carbocycles. The van der Waals surface area contributed by atoms with Crippen LogP contribution >= 0.6 is 0 Å². The Balaban J connectivity index is 0.000000340. The summed E-state index contributed by atoms with van der Waals surface area (Å²) >= 11 is 0. The highest BCUT2D eigenvalue weighted by atomic mass is 16.7. The summed E-state index contributed by atoms with van der Waals surface area (Å²) in [7, 11) is 0. The van der Waals surface area contributed by atoms with Gasteiger partial charge in [0.1, 0.15) is 24.4 Å². The van der Waals surface area contributed by atoms with E-state index in [-0.39, 0.29) is 67.6 Å². The number of hydrogen-bond acceptors (Lipinski definition) is 14. The molecule has 4 unspecified atom stereocenters. The molecule has 0 aliphatic carbocycles. The molecule has 123 heavy (non-hydrogen) atoms. The van der Waals surface area contributed by atoms with E-state index in [4.69, 9.17) is 52.1 Å². The summed E-state index contributed by atoms with van der Waals surface area (Å²) in [6, 6.07) is 60.1. The van der Waals surface area contributed by atoms with Crippen LogP contribution in [-0.2, 0) is 101 Å². The maximum absolute atomic E-state index is 13.9. The quantitative estimate of drug-likeness (QED) is 0.0306. The minimum atomic E-state index is -0.708. The molecular weight excluding hydrogens is 1540 g/mol. The van der Waals surface area contributed by atoms with Gasteiger partial charge in [0.2, 0.25) is 11.8 Å². The zero-order chi connectivity index (χ0) is 87.9. The van der Waals surface area contributed by atoms with Gasteiger partial charge in [0, 0.05) is 18.3 Å². The maximum atomic E-state index is 13.9. The molecule has 3 N–H and O–H groups in total. The van der Waals surface area contributed by atoms with Gasteiger partial charge in [0.15, 0.2) is 12.6 Å². The summed E-state index contributed by atoms with van der Waals surface area (Å²) in [5.41, 5.74) is 5.80. The summed E-state index contributed by atoms with van der Waals surface area (Å²) < 4.78 is 72.3. The molecule has 6 aromatic rings. The summed E-state index contributed by atoms with van der Waals surface area (Å²) in [4.78, 5) is 39.8. The van der Waals surface area contributed by atoms with Gasteiger partial charge in [-0.2, -0.15) is 0 Å². The highest BCUT2D eigenvalue weighted by Gasteiger charge is 2.44. The third-order valence-electron chi connectivity index (χ3n) is 24.8. The third kappa shape index (κ3) is 42.1. The molecule has 0 radical (unpaired) electrons. The Morgan fingerprint density at radius 1 is 0.350 bits per heavy atom. The van der Waals surface area contributed by atoms with Gasteiger partial charge in [-0.3, -0.25) is 9.59 Å². The Kier molecular flexibility index (Phi) is 51.6. The topological polar surface area (TPSA) is 189 Å². The van der Waals surface area contributed by atoms with Crippen molar-refractivity contribution in [3.8, 4) is 0 Å². The average molecular weight is 1700 g/mol. The molecule has 8 rings (SSSR count). The van der Waals surface area contributed by atoms with E-state index in [1.54, 1.807) is 20.8 Å². The van der Waals surface area contributed by atoms with E-state index in [1.165, 1.54) is 128 Å². The molecule has 2 aliphatic rings. The monoisotopic (exact) mass is 1700 g/mol. The molecule has 0 aromatic heterocycles. The fraction of sp³-hybridized carbons (Fsp3) is 0.632. The molecule has 17 heteroatoms. The third-order valence-corrected chi connectivity index (χ3v) is 24.8. The molecule has 2 aliphatic heterocycles. The molecule has 0 bridgehead atoms. The van der Waals surface area contributed by atoms with Crippen molar-refractivity contribution in [2.24, 2.45) is 35.5 Å². The number of benzene rings is 6. The van der Waals surface area contributed by atoms with Crippen molar-refractivity contribution in [3.63, 3.8) is 0 Å². The lowest BCUT2D eigenvalue weighted by molar-refractivity contribution is -0.262.